The Balaban J connectivity index is 2.26. The third kappa shape index (κ3) is 3.39. The van der Waals surface area contributed by atoms with Gasteiger partial charge in [0.05, 0.1) is 5.56 Å². The summed E-state index contributed by atoms with van der Waals surface area (Å²) in [5, 5.41) is 3.25. The Hall–Kier alpha value is -1.81. The first-order valence-electron chi connectivity index (χ1n) is 6.44. The monoisotopic (exact) mass is 279 g/mol. The highest BCUT2D eigenvalue weighted by molar-refractivity contribution is 5.65. The van der Waals surface area contributed by atoms with E-state index >= 15 is 0 Å². The zero-order valence-corrected chi connectivity index (χ0v) is 11.4. The van der Waals surface area contributed by atoms with Gasteiger partial charge in [-0.05, 0) is 11.1 Å². The van der Waals surface area contributed by atoms with Gasteiger partial charge in [0, 0.05) is 24.7 Å². The Kier molecular flexibility index (Phi) is 4.45. The second-order valence-electron chi connectivity index (χ2n) is 4.98. The summed E-state index contributed by atoms with van der Waals surface area (Å²) in [6.45, 7) is 4.77. The molecular weight excluding hydrogens is 263 g/mol. The van der Waals surface area contributed by atoms with E-state index in [9.17, 15) is 13.2 Å². The van der Waals surface area contributed by atoms with E-state index in [0.717, 1.165) is 5.56 Å². The van der Waals surface area contributed by atoms with Crippen LogP contribution >= 0.6 is 0 Å². The molecule has 2 aromatic carbocycles. The molecule has 0 aliphatic carbocycles. The number of rotatable bonds is 4. The lowest BCUT2D eigenvalue weighted by molar-refractivity contribution is 0.548. The van der Waals surface area contributed by atoms with E-state index in [-0.39, 0.29) is 5.56 Å². The van der Waals surface area contributed by atoms with E-state index in [1.165, 1.54) is 0 Å². The zero-order valence-electron chi connectivity index (χ0n) is 11.4. The van der Waals surface area contributed by atoms with Gasteiger partial charge in [0.2, 0.25) is 0 Å². The third-order valence-corrected chi connectivity index (χ3v) is 2.96. The summed E-state index contributed by atoms with van der Waals surface area (Å²) < 4.78 is 40.2. The Labute approximate surface area is 116 Å². The van der Waals surface area contributed by atoms with Gasteiger partial charge in [0.15, 0.2) is 0 Å². The van der Waals surface area contributed by atoms with Crippen molar-refractivity contribution in [1.82, 2.24) is 5.32 Å². The molecule has 0 amide bonds. The molecule has 1 nitrogen and oxygen atoms in total. The third-order valence-electron chi connectivity index (χ3n) is 2.96. The highest BCUT2D eigenvalue weighted by Crippen LogP contribution is 2.27. The Morgan fingerprint density at radius 2 is 1.50 bits per heavy atom. The van der Waals surface area contributed by atoms with Crippen molar-refractivity contribution in [3.8, 4) is 11.1 Å². The van der Waals surface area contributed by atoms with Crippen LogP contribution in [0.3, 0.4) is 0 Å². The lowest BCUT2D eigenvalue weighted by Gasteiger charge is -2.10. The molecule has 2 aromatic rings. The van der Waals surface area contributed by atoms with Crippen LogP contribution in [-0.4, -0.2) is 6.04 Å². The van der Waals surface area contributed by atoms with Gasteiger partial charge < -0.3 is 5.32 Å². The predicted molar refractivity (Wildman–Crippen MR) is 73.7 cm³/mol. The molecule has 0 aromatic heterocycles. The normalized spacial score (nSPS) is 11.1. The predicted octanol–water partition coefficient (Wildman–Crippen LogP) is 4.27. The Morgan fingerprint density at radius 1 is 0.950 bits per heavy atom. The van der Waals surface area contributed by atoms with E-state index in [1.54, 1.807) is 24.3 Å². The molecule has 0 fully saturated rings. The first-order chi connectivity index (χ1) is 9.47. The van der Waals surface area contributed by atoms with Crippen LogP contribution in [-0.2, 0) is 6.54 Å². The van der Waals surface area contributed by atoms with Crippen molar-refractivity contribution in [2.24, 2.45) is 0 Å². The van der Waals surface area contributed by atoms with Crippen molar-refractivity contribution < 1.29 is 13.2 Å². The summed E-state index contributed by atoms with van der Waals surface area (Å²) in [6, 6.07) is 8.61. The maximum atomic E-state index is 13.7. The van der Waals surface area contributed by atoms with E-state index in [4.69, 9.17) is 0 Å². The van der Waals surface area contributed by atoms with Crippen molar-refractivity contribution in [2.75, 3.05) is 0 Å². The summed E-state index contributed by atoms with van der Waals surface area (Å²) >= 11 is 0. The number of hydrogen-bond donors (Lipinski definition) is 1. The SMILES string of the molecule is CC(C)NCc1ccc(-c2c(F)cc(F)cc2F)cc1. The molecule has 0 saturated heterocycles. The maximum Gasteiger partial charge on any atom is 0.136 e. The standard InChI is InChI=1S/C16H16F3N/c1-10(2)20-9-11-3-5-12(6-4-11)16-14(18)7-13(17)8-15(16)19/h3-8,10,20H,9H2,1-2H3. The van der Waals surface area contributed by atoms with Gasteiger partial charge in [0.25, 0.3) is 0 Å². The van der Waals surface area contributed by atoms with Crippen LogP contribution in [0, 0.1) is 17.5 Å². The van der Waals surface area contributed by atoms with Gasteiger partial charge >= 0.3 is 0 Å². The van der Waals surface area contributed by atoms with Crippen LogP contribution < -0.4 is 5.32 Å². The molecule has 2 rings (SSSR count). The van der Waals surface area contributed by atoms with Crippen LogP contribution in [0.5, 0.6) is 0 Å². The van der Waals surface area contributed by atoms with Gasteiger partial charge in [-0.25, -0.2) is 13.2 Å². The van der Waals surface area contributed by atoms with Crippen LogP contribution in [0.25, 0.3) is 11.1 Å². The first-order valence-corrected chi connectivity index (χ1v) is 6.44. The van der Waals surface area contributed by atoms with Crippen molar-refractivity contribution in [1.29, 1.82) is 0 Å². The number of benzene rings is 2. The lowest BCUT2D eigenvalue weighted by atomic mass is 10.0. The average molecular weight is 279 g/mol. The highest BCUT2D eigenvalue weighted by Gasteiger charge is 2.13. The van der Waals surface area contributed by atoms with Crippen LogP contribution in [0.4, 0.5) is 13.2 Å². The van der Waals surface area contributed by atoms with E-state index < -0.39 is 17.5 Å². The maximum absolute atomic E-state index is 13.7. The molecule has 0 bridgehead atoms. The van der Waals surface area contributed by atoms with Crippen molar-refractivity contribution in [3.05, 3.63) is 59.4 Å². The highest BCUT2D eigenvalue weighted by atomic mass is 19.1. The van der Waals surface area contributed by atoms with Gasteiger partial charge in [-0.1, -0.05) is 38.1 Å². The van der Waals surface area contributed by atoms with Gasteiger partial charge in [-0.15, -0.1) is 0 Å². The summed E-state index contributed by atoms with van der Waals surface area (Å²) in [4.78, 5) is 0. The molecule has 0 unspecified atom stereocenters. The fourth-order valence-corrected chi connectivity index (χ4v) is 1.93. The molecule has 20 heavy (non-hydrogen) atoms. The molecule has 0 aliphatic rings. The zero-order chi connectivity index (χ0) is 14.7. The molecule has 4 heteroatoms. The number of halogens is 3. The molecule has 106 valence electrons. The van der Waals surface area contributed by atoms with Crippen molar-refractivity contribution in [2.45, 2.75) is 26.4 Å². The smallest absolute Gasteiger partial charge is 0.136 e. The van der Waals surface area contributed by atoms with Gasteiger partial charge in [0.1, 0.15) is 17.5 Å². The summed E-state index contributed by atoms with van der Waals surface area (Å²) in [5.74, 6) is -2.70. The fourth-order valence-electron chi connectivity index (χ4n) is 1.93. The average Bonchev–Trinajstić information content (AvgIpc) is 2.36. The molecule has 1 N–H and O–H groups in total. The molecule has 0 spiro atoms. The second kappa shape index (κ2) is 6.09. The first kappa shape index (κ1) is 14.6. The van der Waals surface area contributed by atoms with Gasteiger partial charge in [-0.2, -0.15) is 0 Å². The van der Waals surface area contributed by atoms with Crippen LogP contribution in [0.1, 0.15) is 19.4 Å². The topological polar surface area (TPSA) is 12.0 Å². The lowest BCUT2D eigenvalue weighted by Crippen LogP contribution is -2.21. The summed E-state index contributed by atoms with van der Waals surface area (Å²) in [6.07, 6.45) is 0. The largest absolute Gasteiger partial charge is 0.310 e. The minimum Gasteiger partial charge on any atom is -0.310 e. The quantitative estimate of drug-likeness (QED) is 0.881. The minimum absolute atomic E-state index is 0.199. The molecule has 0 aliphatic heterocycles. The number of nitrogens with one attached hydrogen (secondary N) is 1. The molecule has 0 heterocycles. The van der Waals surface area contributed by atoms with E-state index in [0.29, 0.717) is 30.3 Å². The van der Waals surface area contributed by atoms with Gasteiger partial charge in [-0.3, -0.25) is 0 Å². The molecule has 0 atom stereocenters. The summed E-state index contributed by atoms with van der Waals surface area (Å²) in [5.41, 5.74) is 1.22. The second-order valence-corrected chi connectivity index (χ2v) is 4.98. The van der Waals surface area contributed by atoms with Crippen molar-refractivity contribution >= 4 is 0 Å². The minimum atomic E-state index is -0.915. The number of hydrogen-bond acceptors (Lipinski definition) is 1. The molecule has 0 radical (unpaired) electrons. The van der Waals surface area contributed by atoms with Crippen LogP contribution in [0.15, 0.2) is 36.4 Å². The van der Waals surface area contributed by atoms with Crippen molar-refractivity contribution in [3.63, 3.8) is 0 Å². The Bertz CT molecular complexity index is 568. The van der Waals surface area contributed by atoms with Crippen LogP contribution in [0.2, 0.25) is 0 Å². The molecule has 0 saturated carbocycles. The van der Waals surface area contributed by atoms with E-state index in [1.807, 2.05) is 13.8 Å². The molecular formula is C16H16F3N. The Morgan fingerprint density at radius 3 is 2.00 bits per heavy atom. The summed E-state index contributed by atoms with van der Waals surface area (Å²) in [7, 11) is 0. The van der Waals surface area contributed by atoms with E-state index in [2.05, 4.69) is 5.32 Å². The fraction of sp³-hybridized carbons (Fsp3) is 0.250.